The molecule has 0 fully saturated rings. The quantitative estimate of drug-likeness (QED) is 0.647. The van der Waals surface area contributed by atoms with Crippen LogP contribution < -0.4 is 5.32 Å². The van der Waals surface area contributed by atoms with Crippen LogP contribution in [0, 0.1) is 0 Å². The fourth-order valence-corrected chi connectivity index (χ4v) is 3.37. The van der Waals surface area contributed by atoms with Gasteiger partial charge in [0.1, 0.15) is 5.76 Å². The van der Waals surface area contributed by atoms with Crippen LogP contribution in [0.2, 0.25) is 0 Å². The molecule has 2 heterocycles. The number of furan rings is 1. The molecule has 11 heteroatoms. The second kappa shape index (κ2) is 9.27. The molecule has 0 aliphatic carbocycles. The molecule has 150 valence electrons. The van der Waals surface area contributed by atoms with Gasteiger partial charge < -0.3 is 14.3 Å². The summed E-state index contributed by atoms with van der Waals surface area (Å²) in [6.07, 6.45) is -3.00. The van der Waals surface area contributed by atoms with Gasteiger partial charge in [0.05, 0.1) is 18.1 Å². The number of carbonyl (C=O) groups is 1. The lowest BCUT2D eigenvalue weighted by Gasteiger charge is -2.28. The molecule has 2 aromatic rings. The van der Waals surface area contributed by atoms with Crippen LogP contribution in [0.5, 0.6) is 0 Å². The molecule has 0 saturated carbocycles. The molecule has 1 N–H and O–H groups in total. The van der Waals surface area contributed by atoms with Gasteiger partial charge >= 0.3 is 6.18 Å². The number of hydrogen-bond acceptors (Lipinski definition) is 6. The van der Waals surface area contributed by atoms with Crippen molar-refractivity contribution in [3.05, 3.63) is 30.0 Å². The van der Waals surface area contributed by atoms with Crippen LogP contribution >= 0.6 is 11.8 Å². The average Bonchev–Trinajstić information content (AvgIpc) is 3.26. The van der Waals surface area contributed by atoms with E-state index < -0.39 is 12.0 Å². The maximum atomic E-state index is 12.7. The molecule has 0 aromatic carbocycles. The summed E-state index contributed by atoms with van der Waals surface area (Å²) in [5, 5.41) is 9.47. The number of alkyl halides is 3. The molecule has 2 rings (SSSR count). The van der Waals surface area contributed by atoms with Crippen molar-refractivity contribution < 1.29 is 22.4 Å². The molecule has 0 saturated heterocycles. The molecule has 0 spiro atoms. The summed E-state index contributed by atoms with van der Waals surface area (Å²) in [6, 6.07) is 3.52. The maximum Gasteiger partial charge on any atom is 0.451 e. The summed E-state index contributed by atoms with van der Waals surface area (Å²) in [6.45, 7) is 5.94. The number of carbonyl (C=O) groups excluding carboxylic acids is 1. The highest BCUT2D eigenvalue weighted by atomic mass is 32.2. The number of aromatic nitrogens is 3. The monoisotopic (exact) mass is 405 g/mol. The highest BCUT2D eigenvalue weighted by Crippen LogP contribution is 2.29. The standard InChI is InChI=1S/C16H22F3N5O2S/c1-4-24(5-2)11(12-7-6-8-26-12)9-20-13(25)10-27-15-22-21-14(23(15)3)16(17,18)19/h6-8,11H,4-5,9-10H2,1-3H3,(H,20,25)/t11-/m0/s1. The minimum atomic E-state index is -4.58. The first-order valence-electron chi connectivity index (χ1n) is 8.41. The summed E-state index contributed by atoms with van der Waals surface area (Å²) in [5.41, 5.74) is 0. The predicted octanol–water partition coefficient (Wildman–Crippen LogP) is 2.72. The lowest BCUT2D eigenvalue weighted by Crippen LogP contribution is -2.38. The number of thioether (sulfide) groups is 1. The first-order valence-corrected chi connectivity index (χ1v) is 9.40. The molecule has 0 aliphatic rings. The Hall–Kier alpha value is -2.01. The van der Waals surface area contributed by atoms with Crippen molar-refractivity contribution in [1.29, 1.82) is 0 Å². The number of rotatable bonds is 9. The molecule has 1 atom stereocenters. The van der Waals surface area contributed by atoms with Crippen LogP contribution in [0.15, 0.2) is 28.0 Å². The van der Waals surface area contributed by atoms with Crippen LogP contribution in [0.25, 0.3) is 0 Å². The van der Waals surface area contributed by atoms with Gasteiger partial charge in [-0.3, -0.25) is 9.69 Å². The van der Waals surface area contributed by atoms with Crippen molar-refractivity contribution in [2.75, 3.05) is 25.4 Å². The van der Waals surface area contributed by atoms with Crippen LogP contribution in [-0.2, 0) is 18.0 Å². The van der Waals surface area contributed by atoms with E-state index >= 15 is 0 Å². The highest BCUT2D eigenvalue weighted by molar-refractivity contribution is 7.99. The zero-order valence-corrected chi connectivity index (χ0v) is 16.1. The molecule has 27 heavy (non-hydrogen) atoms. The number of nitrogens with zero attached hydrogens (tertiary/aromatic N) is 4. The Bertz CT molecular complexity index is 729. The fraction of sp³-hybridized carbons (Fsp3) is 0.562. The van der Waals surface area contributed by atoms with E-state index in [1.54, 1.807) is 12.3 Å². The van der Waals surface area contributed by atoms with Crippen LogP contribution in [0.1, 0.15) is 31.5 Å². The Labute approximate surface area is 159 Å². The van der Waals surface area contributed by atoms with Gasteiger partial charge in [0.2, 0.25) is 11.7 Å². The normalized spacial score (nSPS) is 13.1. The minimum absolute atomic E-state index is 0.0313. The third-order valence-corrected chi connectivity index (χ3v) is 5.06. The van der Waals surface area contributed by atoms with Crippen molar-refractivity contribution in [3.8, 4) is 0 Å². The SMILES string of the molecule is CCN(CC)[C@@H](CNC(=O)CSc1nnc(C(F)(F)F)n1C)c1ccco1. The lowest BCUT2D eigenvalue weighted by molar-refractivity contribution is -0.147. The van der Waals surface area contributed by atoms with Crippen LogP contribution in [-0.4, -0.2) is 51.0 Å². The van der Waals surface area contributed by atoms with Crippen LogP contribution in [0.4, 0.5) is 13.2 Å². The van der Waals surface area contributed by atoms with E-state index in [-0.39, 0.29) is 22.9 Å². The summed E-state index contributed by atoms with van der Waals surface area (Å²) < 4.78 is 44.5. The number of amides is 1. The number of likely N-dealkylation sites (N-methyl/N-ethyl adjacent to an activating group) is 1. The molecule has 0 radical (unpaired) electrons. The Morgan fingerprint density at radius 1 is 1.37 bits per heavy atom. The highest BCUT2D eigenvalue weighted by Gasteiger charge is 2.37. The van der Waals surface area contributed by atoms with E-state index in [0.717, 1.165) is 35.2 Å². The Kier molecular flexibility index (Phi) is 7.31. The second-order valence-corrected chi connectivity index (χ2v) is 6.65. The zero-order valence-electron chi connectivity index (χ0n) is 15.3. The van der Waals surface area contributed by atoms with Crippen molar-refractivity contribution >= 4 is 17.7 Å². The van der Waals surface area contributed by atoms with Gasteiger partial charge in [-0.25, -0.2) is 0 Å². The van der Waals surface area contributed by atoms with Gasteiger partial charge in [-0.2, -0.15) is 13.2 Å². The second-order valence-electron chi connectivity index (χ2n) is 5.71. The molecule has 1 amide bonds. The van der Waals surface area contributed by atoms with Gasteiger partial charge in [-0.05, 0) is 25.2 Å². The first-order chi connectivity index (χ1) is 12.8. The third kappa shape index (κ3) is 5.48. The first kappa shape index (κ1) is 21.3. The zero-order chi connectivity index (χ0) is 20.0. The molecular formula is C16H22F3N5O2S. The van der Waals surface area contributed by atoms with E-state index in [1.807, 2.05) is 19.9 Å². The number of halogens is 3. The van der Waals surface area contributed by atoms with E-state index in [1.165, 1.54) is 7.05 Å². The molecule has 2 aromatic heterocycles. The number of nitrogens with one attached hydrogen (secondary N) is 1. The van der Waals surface area contributed by atoms with E-state index in [2.05, 4.69) is 20.4 Å². The molecular weight excluding hydrogens is 383 g/mol. The van der Waals surface area contributed by atoms with Gasteiger partial charge in [-0.15, -0.1) is 10.2 Å². The number of hydrogen-bond donors (Lipinski definition) is 1. The van der Waals surface area contributed by atoms with E-state index in [0.29, 0.717) is 6.54 Å². The molecule has 0 aliphatic heterocycles. The van der Waals surface area contributed by atoms with E-state index in [9.17, 15) is 18.0 Å². The molecule has 7 nitrogen and oxygen atoms in total. The minimum Gasteiger partial charge on any atom is -0.468 e. The largest absolute Gasteiger partial charge is 0.468 e. The lowest BCUT2D eigenvalue weighted by atomic mass is 10.2. The van der Waals surface area contributed by atoms with E-state index in [4.69, 9.17) is 4.42 Å². The topological polar surface area (TPSA) is 76.2 Å². The Morgan fingerprint density at radius 2 is 2.07 bits per heavy atom. The molecule has 0 bridgehead atoms. The summed E-state index contributed by atoms with van der Waals surface area (Å²) in [4.78, 5) is 14.3. The van der Waals surface area contributed by atoms with Gasteiger partial charge in [-0.1, -0.05) is 25.6 Å². The smallest absolute Gasteiger partial charge is 0.451 e. The van der Waals surface area contributed by atoms with Crippen molar-refractivity contribution in [1.82, 2.24) is 25.0 Å². The Morgan fingerprint density at radius 3 is 2.59 bits per heavy atom. The average molecular weight is 405 g/mol. The molecule has 0 unspecified atom stereocenters. The van der Waals surface area contributed by atoms with Crippen molar-refractivity contribution in [2.45, 2.75) is 31.2 Å². The van der Waals surface area contributed by atoms with Gasteiger partial charge in [0, 0.05) is 13.6 Å². The summed E-state index contributed by atoms with van der Waals surface area (Å²) >= 11 is 0.901. The van der Waals surface area contributed by atoms with Gasteiger partial charge in [0.25, 0.3) is 0 Å². The maximum absolute atomic E-state index is 12.7. The van der Waals surface area contributed by atoms with Crippen molar-refractivity contribution in [2.24, 2.45) is 7.05 Å². The third-order valence-electron chi connectivity index (χ3n) is 4.04. The van der Waals surface area contributed by atoms with Crippen LogP contribution in [0.3, 0.4) is 0 Å². The fourth-order valence-electron chi connectivity index (χ4n) is 2.63. The van der Waals surface area contributed by atoms with Gasteiger partial charge in [0.15, 0.2) is 5.16 Å². The summed E-state index contributed by atoms with van der Waals surface area (Å²) in [5.74, 6) is -0.715. The summed E-state index contributed by atoms with van der Waals surface area (Å²) in [7, 11) is 1.22. The van der Waals surface area contributed by atoms with Crippen molar-refractivity contribution in [3.63, 3.8) is 0 Å². The predicted molar refractivity (Wildman–Crippen MR) is 94.1 cm³/mol. The Balaban J connectivity index is 1.92.